The average molecular weight is 635 g/mol. The maximum absolute atomic E-state index is 13.9. The Morgan fingerprint density at radius 1 is 1.00 bits per heavy atom. The summed E-state index contributed by atoms with van der Waals surface area (Å²) in [5, 5.41) is 0.444. The zero-order valence-corrected chi connectivity index (χ0v) is 25.7. The molecule has 3 aromatic carbocycles. The van der Waals surface area contributed by atoms with Crippen molar-refractivity contribution in [1.82, 2.24) is 4.57 Å². The number of rotatable bonds is 9. The molecular weight excluding hydrogens is 607 g/mol. The SMILES string of the molecule is CCOC(=O)C1=C(C)N=c2s/c(=C\c3cc(Cl)ccc3OCc3ccc(C(=O)OCC)cc3)c(=O)n2[C@H]1c1ccc(F)cc1. The van der Waals surface area contributed by atoms with Gasteiger partial charge in [-0.1, -0.05) is 47.2 Å². The molecule has 0 saturated heterocycles. The number of fused-ring (bicyclic) bond motifs is 1. The van der Waals surface area contributed by atoms with Gasteiger partial charge in [0.2, 0.25) is 0 Å². The van der Waals surface area contributed by atoms with Gasteiger partial charge in [0.25, 0.3) is 5.56 Å². The molecule has 0 aliphatic carbocycles. The van der Waals surface area contributed by atoms with Crippen molar-refractivity contribution >= 4 is 41.0 Å². The van der Waals surface area contributed by atoms with E-state index in [9.17, 15) is 18.8 Å². The van der Waals surface area contributed by atoms with Crippen LogP contribution >= 0.6 is 22.9 Å². The predicted molar refractivity (Wildman–Crippen MR) is 165 cm³/mol. The molecule has 0 saturated carbocycles. The standard InChI is InChI=1S/C33H28ClFN2O6S/c1-4-41-31(39)22-8-6-20(7-9-22)18-43-26-15-12-24(34)16-23(26)17-27-30(38)37-29(21-10-13-25(35)14-11-21)28(32(40)42-5-2)19(3)36-33(37)44-27/h6-17,29H,4-5,18H2,1-3H3/b27-17-/t29-/m0/s1. The highest BCUT2D eigenvalue weighted by atomic mass is 35.5. The summed E-state index contributed by atoms with van der Waals surface area (Å²) in [4.78, 5) is 43.9. The summed E-state index contributed by atoms with van der Waals surface area (Å²) in [7, 11) is 0. The lowest BCUT2D eigenvalue weighted by Crippen LogP contribution is -2.39. The van der Waals surface area contributed by atoms with Crippen LogP contribution in [-0.2, 0) is 20.9 Å². The summed E-state index contributed by atoms with van der Waals surface area (Å²) in [6, 6.07) is 16.8. The molecule has 1 aliphatic heterocycles. The first-order valence-corrected chi connectivity index (χ1v) is 15.0. The summed E-state index contributed by atoms with van der Waals surface area (Å²) < 4.78 is 32.0. The molecule has 1 aromatic heterocycles. The van der Waals surface area contributed by atoms with Crippen molar-refractivity contribution in [1.29, 1.82) is 0 Å². The summed E-state index contributed by atoms with van der Waals surface area (Å²) in [6.45, 7) is 5.75. The molecule has 11 heteroatoms. The van der Waals surface area contributed by atoms with E-state index < -0.39 is 29.4 Å². The Morgan fingerprint density at radius 3 is 2.36 bits per heavy atom. The van der Waals surface area contributed by atoms with E-state index >= 15 is 0 Å². The molecular formula is C33H28ClFN2O6S. The van der Waals surface area contributed by atoms with Gasteiger partial charge in [-0.2, -0.15) is 0 Å². The Hall–Kier alpha value is -4.54. The second-order valence-electron chi connectivity index (χ2n) is 9.74. The fraction of sp³-hybridized carbons (Fsp3) is 0.212. The summed E-state index contributed by atoms with van der Waals surface area (Å²) in [5.41, 5.74) is 2.59. The van der Waals surface area contributed by atoms with E-state index in [-0.39, 0.29) is 18.8 Å². The van der Waals surface area contributed by atoms with Crippen LogP contribution in [0.5, 0.6) is 5.75 Å². The topological polar surface area (TPSA) is 96.2 Å². The number of benzene rings is 3. The Bertz CT molecular complexity index is 1930. The summed E-state index contributed by atoms with van der Waals surface area (Å²) in [6.07, 6.45) is 1.67. The first-order valence-electron chi connectivity index (χ1n) is 13.8. The van der Waals surface area contributed by atoms with Gasteiger partial charge >= 0.3 is 11.9 Å². The number of halogens is 2. The molecule has 0 spiro atoms. The number of ether oxygens (including phenoxy) is 3. The molecule has 1 atom stereocenters. The van der Waals surface area contributed by atoms with Gasteiger partial charge in [-0.25, -0.2) is 19.0 Å². The second-order valence-corrected chi connectivity index (χ2v) is 11.2. The number of hydrogen-bond acceptors (Lipinski definition) is 8. The van der Waals surface area contributed by atoms with Gasteiger partial charge < -0.3 is 14.2 Å². The lowest BCUT2D eigenvalue weighted by molar-refractivity contribution is -0.139. The van der Waals surface area contributed by atoms with Gasteiger partial charge in [0, 0.05) is 10.6 Å². The minimum Gasteiger partial charge on any atom is -0.488 e. The van der Waals surface area contributed by atoms with Crippen LogP contribution in [0.1, 0.15) is 53.9 Å². The molecule has 0 fully saturated rings. The van der Waals surface area contributed by atoms with Crippen LogP contribution < -0.4 is 19.6 Å². The molecule has 2 heterocycles. The largest absolute Gasteiger partial charge is 0.488 e. The van der Waals surface area contributed by atoms with Crippen LogP contribution in [0.4, 0.5) is 4.39 Å². The Balaban J connectivity index is 1.53. The normalized spacial score (nSPS) is 14.6. The molecule has 0 amide bonds. The van der Waals surface area contributed by atoms with Crippen molar-refractivity contribution in [2.45, 2.75) is 33.4 Å². The lowest BCUT2D eigenvalue weighted by atomic mass is 9.96. The summed E-state index contributed by atoms with van der Waals surface area (Å²) >= 11 is 7.48. The molecule has 226 valence electrons. The molecule has 0 unspecified atom stereocenters. The predicted octanol–water partition coefficient (Wildman–Crippen LogP) is 5.35. The molecule has 0 radical (unpaired) electrons. The van der Waals surface area contributed by atoms with Crippen LogP contribution in [0.3, 0.4) is 0 Å². The maximum atomic E-state index is 13.9. The lowest BCUT2D eigenvalue weighted by Gasteiger charge is -2.24. The van der Waals surface area contributed by atoms with Crippen molar-refractivity contribution in [2.24, 2.45) is 4.99 Å². The maximum Gasteiger partial charge on any atom is 0.338 e. The van der Waals surface area contributed by atoms with Crippen molar-refractivity contribution < 1.29 is 28.2 Å². The second kappa shape index (κ2) is 13.4. The number of esters is 2. The van der Waals surface area contributed by atoms with Crippen LogP contribution in [0.2, 0.25) is 5.02 Å². The monoisotopic (exact) mass is 634 g/mol. The first-order chi connectivity index (χ1) is 21.2. The first kappa shape index (κ1) is 30.9. The Kier molecular flexibility index (Phi) is 9.41. The van der Waals surface area contributed by atoms with E-state index in [4.69, 9.17) is 25.8 Å². The highest BCUT2D eigenvalue weighted by Gasteiger charge is 2.33. The number of allylic oxidation sites excluding steroid dienone is 1. The summed E-state index contributed by atoms with van der Waals surface area (Å²) in [5.74, 6) is -0.956. The molecule has 5 rings (SSSR count). The average Bonchev–Trinajstić information content (AvgIpc) is 3.30. The highest BCUT2D eigenvalue weighted by Crippen LogP contribution is 2.31. The van der Waals surface area contributed by atoms with E-state index in [2.05, 4.69) is 4.99 Å². The van der Waals surface area contributed by atoms with E-state index in [1.165, 1.54) is 28.8 Å². The fourth-order valence-electron chi connectivity index (χ4n) is 4.77. The molecule has 1 aliphatic rings. The van der Waals surface area contributed by atoms with Crippen LogP contribution in [0.25, 0.3) is 6.08 Å². The van der Waals surface area contributed by atoms with E-state index in [0.29, 0.717) is 49.1 Å². The van der Waals surface area contributed by atoms with Gasteiger partial charge in [0.1, 0.15) is 18.2 Å². The molecule has 0 bridgehead atoms. The zero-order valence-electron chi connectivity index (χ0n) is 24.1. The molecule has 8 nitrogen and oxygen atoms in total. The Morgan fingerprint density at radius 2 is 1.68 bits per heavy atom. The highest BCUT2D eigenvalue weighted by molar-refractivity contribution is 7.07. The van der Waals surface area contributed by atoms with Gasteiger partial charge in [-0.05, 0) is 80.4 Å². The third-order valence-corrected chi connectivity index (χ3v) is 8.04. The van der Waals surface area contributed by atoms with Crippen LogP contribution in [0.15, 0.2) is 87.8 Å². The van der Waals surface area contributed by atoms with Gasteiger partial charge in [-0.3, -0.25) is 9.36 Å². The minimum absolute atomic E-state index is 0.142. The van der Waals surface area contributed by atoms with Crippen molar-refractivity contribution in [3.8, 4) is 5.75 Å². The molecule has 0 N–H and O–H groups in total. The van der Waals surface area contributed by atoms with E-state index in [0.717, 1.165) is 16.9 Å². The zero-order chi connectivity index (χ0) is 31.4. The van der Waals surface area contributed by atoms with Crippen molar-refractivity contribution in [2.75, 3.05) is 13.2 Å². The quantitative estimate of drug-likeness (QED) is 0.231. The minimum atomic E-state index is -0.860. The smallest absolute Gasteiger partial charge is 0.338 e. The van der Waals surface area contributed by atoms with Gasteiger partial charge in [0.15, 0.2) is 4.80 Å². The van der Waals surface area contributed by atoms with Crippen molar-refractivity contribution in [3.05, 3.63) is 131 Å². The van der Waals surface area contributed by atoms with Gasteiger partial charge in [-0.15, -0.1) is 0 Å². The number of carbonyl (C=O) groups is 2. The van der Waals surface area contributed by atoms with Gasteiger partial charge in [0.05, 0.1) is 40.6 Å². The van der Waals surface area contributed by atoms with Crippen LogP contribution in [-0.4, -0.2) is 29.7 Å². The molecule has 4 aromatic rings. The van der Waals surface area contributed by atoms with Crippen molar-refractivity contribution in [3.63, 3.8) is 0 Å². The van der Waals surface area contributed by atoms with E-state index in [1.807, 2.05) is 0 Å². The molecule has 44 heavy (non-hydrogen) atoms. The number of carbonyl (C=O) groups excluding carboxylic acids is 2. The third-order valence-electron chi connectivity index (χ3n) is 6.82. The number of nitrogens with zero attached hydrogens (tertiary/aromatic N) is 2. The Labute approximate surface area is 261 Å². The third kappa shape index (κ3) is 6.51. The fourth-order valence-corrected chi connectivity index (χ4v) is 5.99. The number of aromatic nitrogens is 1. The van der Waals surface area contributed by atoms with Crippen LogP contribution in [0, 0.1) is 5.82 Å². The number of thiazole rings is 1. The van der Waals surface area contributed by atoms with E-state index in [1.54, 1.807) is 69.3 Å². The number of hydrogen-bond donors (Lipinski definition) is 0.